The molecule has 0 atom stereocenters. The summed E-state index contributed by atoms with van der Waals surface area (Å²) in [6.07, 6.45) is 0. The minimum Gasteiger partial charge on any atom is -0.354 e. The number of aromatic nitrogens is 2. The van der Waals surface area contributed by atoms with E-state index in [9.17, 15) is 4.39 Å². The molecule has 21 heavy (non-hydrogen) atoms. The highest BCUT2D eigenvalue weighted by atomic mass is 32.2. The fraction of sp³-hybridized carbons (Fsp3) is 0.125. The molecule has 3 nitrogen and oxygen atoms in total. The molecule has 0 fully saturated rings. The van der Waals surface area contributed by atoms with Crippen LogP contribution in [-0.2, 0) is 0 Å². The maximum atomic E-state index is 13.3. The topological polar surface area (TPSA) is 37.8 Å². The maximum Gasteiger partial charge on any atom is 0.224 e. The number of hydrogen-bond donors (Lipinski definition) is 1. The van der Waals surface area contributed by atoms with Crippen molar-refractivity contribution in [2.75, 3.05) is 11.9 Å². The minimum absolute atomic E-state index is 0.245. The molecule has 0 spiro atoms. The van der Waals surface area contributed by atoms with Crippen molar-refractivity contribution in [2.24, 2.45) is 0 Å². The van der Waals surface area contributed by atoms with Gasteiger partial charge in [-0.25, -0.2) is 14.4 Å². The number of benzene rings is 2. The molecule has 0 aliphatic rings. The Hall–Kier alpha value is -2.14. The number of para-hydroxylation sites is 1. The minimum atomic E-state index is -0.245. The lowest BCUT2D eigenvalue weighted by molar-refractivity contribution is 0.624. The summed E-state index contributed by atoms with van der Waals surface area (Å²) in [6.45, 7) is 2.75. The molecule has 3 rings (SSSR count). The molecule has 5 heteroatoms. The van der Waals surface area contributed by atoms with Gasteiger partial charge in [0.05, 0.1) is 5.52 Å². The van der Waals surface area contributed by atoms with Gasteiger partial charge in [0.25, 0.3) is 0 Å². The van der Waals surface area contributed by atoms with Crippen LogP contribution in [0.1, 0.15) is 6.92 Å². The molecule has 0 saturated carbocycles. The zero-order chi connectivity index (χ0) is 14.7. The predicted molar refractivity (Wildman–Crippen MR) is 84.2 cm³/mol. The lowest BCUT2D eigenvalue weighted by Crippen LogP contribution is -2.03. The zero-order valence-electron chi connectivity index (χ0n) is 11.5. The first-order chi connectivity index (χ1) is 10.3. The Morgan fingerprint density at radius 1 is 1.10 bits per heavy atom. The number of halogens is 1. The van der Waals surface area contributed by atoms with Gasteiger partial charge in [0, 0.05) is 16.8 Å². The van der Waals surface area contributed by atoms with Crippen molar-refractivity contribution >= 4 is 28.6 Å². The standard InChI is InChI=1S/C16H14FN3S/c1-2-18-16-19-14-9-4-3-8-13(14)15(20-16)21-12-7-5-6-11(17)10-12/h3-10H,2H2,1H3,(H,18,19,20). The van der Waals surface area contributed by atoms with Crippen molar-refractivity contribution in [1.82, 2.24) is 9.97 Å². The zero-order valence-corrected chi connectivity index (χ0v) is 12.3. The van der Waals surface area contributed by atoms with Crippen LogP contribution >= 0.6 is 11.8 Å². The molecule has 2 aromatic carbocycles. The average Bonchev–Trinajstić information content (AvgIpc) is 2.48. The van der Waals surface area contributed by atoms with Gasteiger partial charge in [-0.2, -0.15) is 0 Å². The molecule has 0 aliphatic carbocycles. The Kier molecular flexibility index (Phi) is 4.01. The lowest BCUT2D eigenvalue weighted by atomic mass is 10.2. The van der Waals surface area contributed by atoms with Gasteiger partial charge in [0.1, 0.15) is 10.8 Å². The van der Waals surface area contributed by atoms with E-state index in [1.165, 1.54) is 23.9 Å². The van der Waals surface area contributed by atoms with Gasteiger partial charge in [0.2, 0.25) is 5.95 Å². The summed E-state index contributed by atoms with van der Waals surface area (Å²) in [7, 11) is 0. The molecule has 1 aromatic heterocycles. The Labute approximate surface area is 126 Å². The van der Waals surface area contributed by atoms with Gasteiger partial charge in [-0.3, -0.25) is 0 Å². The van der Waals surface area contributed by atoms with Crippen LogP contribution in [0.4, 0.5) is 10.3 Å². The van der Waals surface area contributed by atoms with Crippen LogP contribution in [0.3, 0.4) is 0 Å². The summed E-state index contributed by atoms with van der Waals surface area (Å²) in [5, 5.41) is 4.92. The van der Waals surface area contributed by atoms with Crippen molar-refractivity contribution in [3.63, 3.8) is 0 Å². The van der Waals surface area contributed by atoms with Crippen molar-refractivity contribution < 1.29 is 4.39 Å². The van der Waals surface area contributed by atoms with Gasteiger partial charge in [0.15, 0.2) is 0 Å². The Morgan fingerprint density at radius 3 is 2.76 bits per heavy atom. The van der Waals surface area contributed by atoms with Gasteiger partial charge < -0.3 is 5.32 Å². The molecule has 0 amide bonds. The summed E-state index contributed by atoms with van der Waals surface area (Å²) in [6, 6.07) is 14.3. The lowest BCUT2D eigenvalue weighted by Gasteiger charge is -2.08. The molecular formula is C16H14FN3S. The highest BCUT2D eigenvalue weighted by Gasteiger charge is 2.09. The normalized spacial score (nSPS) is 10.8. The molecule has 1 N–H and O–H groups in total. The predicted octanol–water partition coefficient (Wildman–Crippen LogP) is 4.35. The number of nitrogens with one attached hydrogen (secondary N) is 1. The average molecular weight is 299 g/mol. The van der Waals surface area contributed by atoms with E-state index in [2.05, 4.69) is 15.3 Å². The van der Waals surface area contributed by atoms with Crippen LogP contribution in [0.25, 0.3) is 10.9 Å². The molecule has 1 heterocycles. The van der Waals surface area contributed by atoms with Crippen molar-refractivity contribution in [3.8, 4) is 0 Å². The second kappa shape index (κ2) is 6.10. The first-order valence-electron chi connectivity index (χ1n) is 6.70. The van der Waals surface area contributed by atoms with E-state index >= 15 is 0 Å². The summed E-state index contributed by atoms with van der Waals surface area (Å²) in [5.41, 5.74) is 0.877. The third kappa shape index (κ3) is 3.13. The molecular weight excluding hydrogens is 285 g/mol. The third-order valence-corrected chi connectivity index (χ3v) is 3.91. The van der Waals surface area contributed by atoms with E-state index in [-0.39, 0.29) is 5.82 Å². The first kappa shape index (κ1) is 13.8. The van der Waals surface area contributed by atoms with Crippen LogP contribution < -0.4 is 5.32 Å². The molecule has 3 aromatic rings. The summed E-state index contributed by atoms with van der Waals surface area (Å²) in [5.74, 6) is 0.348. The van der Waals surface area contributed by atoms with Gasteiger partial charge >= 0.3 is 0 Å². The van der Waals surface area contributed by atoms with Gasteiger partial charge in [-0.1, -0.05) is 36.0 Å². The maximum absolute atomic E-state index is 13.3. The van der Waals surface area contributed by atoms with Crippen molar-refractivity contribution in [2.45, 2.75) is 16.8 Å². The molecule has 0 radical (unpaired) electrons. The smallest absolute Gasteiger partial charge is 0.224 e. The second-order valence-electron chi connectivity index (χ2n) is 4.46. The molecule has 0 unspecified atom stereocenters. The fourth-order valence-corrected chi connectivity index (χ4v) is 2.96. The number of hydrogen-bond acceptors (Lipinski definition) is 4. The van der Waals surface area contributed by atoms with E-state index in [1.54, 1.807) is 6.07 Å². The number of fused-ring (bicyclic) bond motifs is 1. The molecule has 0 bridgehead atoms. The Morgan fingerprint density at radius 2 is 1.95 bits per heavy atom. The summed E-state index contributed by atoms with van der Waals surface area (Å²) >= 11 is 1.44. The highest BCUT2D eigenvalue weighted by Crippen LogP contribution is 2.32. The van der Waals surface area contributed by atoms with E-state index in [0.29, 0.717) is 5.95 Å². The molecule has 106 valence electrons. The van der Waals surface area contributed by atoms with Gasteiger partial charge in [-0.05, 0) is 31.2 Å². The highest BCUT2D eigenvalue weighted by molar-refractivity contribution is 7.99. The Balaban J connectivity index is 2.07. The SMILES string of the molecule is CCNc1nc(Sc2cccc(F)c2)c2ccccc2n1. The van der Waals surface area contributed by atoms with Crippen LogP contribution in [0.2, 0.25) is 0 Å². The summed E-state index contributed by atoms with van der Waals surface area (Å²) in [4.78, 5) is 9.83. The molecule has 0 aliphatic heterocycles. The van der Waals surface area contributed by atoms with Crippen LogP contribution in [0.15, 0.2) is 58.5 Å². The number of anilines is 1. The van der Waals surface area contributed by atoms with E-state index in [0.717, 1.165) is 27.4 Å². The molecule has 0 saturated heterocycles. The van der Waals surface area contributed by atoms with E-state index in [4.69, 9.17) is 0 Å². The van der Waals surface area contributed by atoms with Crippen molar-refractivity contribution in [3.05, 3.63) is 54.3 Å². The van der Waals surface area contributed by atoms with Gasteiger partial charge in [-0.15, -0.1) is 0 Å². The quantitative estimate of drug-likeness (QED) is 0.727. The van der Waals surface area contributed by atoms with Crippen LogP contribution in [0, 0.1) is 5.82 Å². The first-order valence-corrected chi connectivity index (χ1v) is 7.52. The van der Waals surface area contributed by atoms with Crippen LogP contribution in [0.5, 0.6) is 0 Å². The monoisotopic (exact) mass is 299 g/mol. The van der Waals surface area contributed by atoms with Crippen LogP contribution in [-0.4, -0.2) is 16.5 Å². The van der Waals surface area contributed by atoms with Crippen molar-refractivity contribution in [1.29, 1.82) is 0 Å². The Bertz CT molecular complexity index is 776. The fourth-order valence-electron chi connectivity index (χ4n) is 2.00. The van der Waals surface area contributed by atoms with E-state index < -0.39 is 0 Å². The third-order valence-electron chi connectivity index (χ3n) is 2.91. The van der Waals surface area contributed by atoms with E-state index in [1.807, 2.05) is 37.3 Å². The summed E-state index contributed by atoms with van der Waals surface area (Å²) < 4.78 is 13.3. The largest absolute Gasteiger partial charge is 0.354 e. The second-order valence-corrected chi connectivity index (χ2v) is 5.52. The number of nitrogens with zero attached hydrogens (tertiary/aromatic N) is 2. The number of rotatable bonds is 4.